The third-order valence-electron chi connectivity index (χ3n) is 10.8. The fourth-order valence-electron chi connectivity index (χ4n) is 7.76. The Morgan fingerprint density at radius 3 is 2.22 bits per heavy atom. The molecule has 9 heteroatoms. The molecule has 1 aliphatic heterocycles. The van der Waals surface area contributed by atoms with Gasteiger partial charge in [0, 0.05) is 17.7 Å². The number of unbranched alkanes of at least 4 members (excludes halogenated alkanes) is 1. The van der Waals surface area contributed by atoms with Crippen molar-refractivity contribution in [2.75, 3.05) is 6.54 Å². The molecule has 1 heterocycles. The van der Waals surface area contributed by atoms with Crippen molar-refractivity contribution in [3.8, 4) is 0 Å². The van der Waals surface area contributed by atoms with Gasteiger partial charge in [0.1, 0.15) is 6.04 Å². The lowest BCUT2D eigenvalue weighted by atomic mass is 9.43. The number of carbonyl (C=O) groups is 3. The van der Waals surface area contributed by atoms with E-state index in [-0.39, 0.29) is 41.7 Å². The Morgan fingerprint density at radius 1 is 0.935 bits per heavy atom. The van der Waals surface area contributed by atoms with Crippen molar-refractivity contribution in [3.05, 3.63) is 70.8 Å². The molecule has 3 aliphatic carbocycles. The highest BCUT2D eigenvalue weighted by Gasteiger charge is 2.68. The van der Waals surface area contributed by atoms with Crippen molar-refractivity contribution >= 4 is 24.8 Å². The van der Waals surface area contributed by atoms with Crippen LogP contribution >= 0.6 is 0 Å². The lowest BCUT2D eigenvalue weighted by Crippen LogP contribution is -2.65. The summed E-state index contributed by atoms with van der Waals surface area (Å²) >= 11 is 0. The van der Waals surface area contributed by atoms with E-state index in [9.17, 15) is 14.4 Å². The van der Waals surface area contributed by atoms with Crippen LogP contribution in [0.2, 0.25) is 0 Å². The summed E-state index contributed by atoms with van der Waals surface area (Å²) in [4.78, 5) is 40.4. The second-order valence-electron chi connectivity index (χ2n) is 15.0. The zero-order valence-corrected chi connectivity index (χ0v) is 28.7. The Morgan fingerprint density at radius 2 is 1.59 bits per heavy atom. The molecule has 6 atom stereocenters. The molecule has 1 saturated heterocycles. The molecule has 0 aromatic heterocycles. The van der Waals surface area contributed by atoms with E-state index in [4.69, 9.17) is 9.31 Å². The Bertz CT molecular complexity index is 1390. The number of aryl methyl sites for hydroxylation is 2. The molecule has 3 amide bonds. The van der Waals surface area contributed by atoms with Crippen LogP contribution in [0.5, 0.6) is 0 Å². The molecule has 2 aromatic carbocycles. The zero-order chi connectivity index (χ0) is 33.2. The molecule has 0 unspecified atom stereocenters. The van der Waals surface area contributed by atoms with Crippen LogP contribution in [0.3, 0.4) is 0 Å². The summed E-state index contributed by atoms with van der Waals surface area (Å²) in [7, 11) is -0.592. The van der Waals surface area contributed by atoms with Gasteiger partial charge in [0.05, 0.1) is 17.6 Å². The zero-order valence-electron chi connectivity index (χ0n) is 28.7. The van der Waals surface area contributed by atoms with Crippen molar-refractivity contribution < 1.29 is 23.7 Å². The number of nitrogens with one attached hydrogen (secondary N) is 3. The van der Waals surface area contributed by atoms with Gasteiger partial charge in [-0.3, -0.25) is 14.4 Å². The maximum Gasteiger partial charge on any atom is 0.481 e. The number of carbonyl (C=O) groups excluding carboxylic acids is 3. The highest BCUT2D eigenvalue weighted by molar-refractivity contribution is 6.48. The predicted octanol–water partition coefficient (Wildman–Crippen LogP) is 5.66. The van der Waals surface area contributed by atoms with E-state index in [1.807, 2.05) is 31.2 Å². The monoisotopic (exact) mass is 629 g/mol. The van der Waals surface area contributed by atoms with Crippen molar-refractivity contribution in [1.82, 2.24) is 16.0 Å². The number of amides is 3. The molecule has 4 fully saturated rings. The third-order valence-corrected chi connectivity index (χ3v) is 10.8. The minimum Gasteiger partial charge on any atom is -0.404 e. The summed E-state index contributed by atoms with van der Waals surface area (Å²) in [6, 6.07) is 13.7. The molecule has 8 nitrogen and oxygen atoms in total. The average molecular weight is 630 g/mol. The smallest absolute Gasteiger partial charge is 0.404 e. The topological polar surface area (TPSA) is 106 Å². The first-order valence-corrected chi connectivity index (χ1v) is 17.2. The average Bonchev–Trinajstić information content (AvgIpc) is 3.39. The SMILES string of the molecule is CCCCc1ccc(C(=O)N[C@H](CNC(=O)c2ccc(C)cc2)C(=O)N[C@@H](CC(C)C)B2O[C@@H]3C[C@@H]4C[C@@H](C4(C)C)[C@]3(C)O2)cc1. The van der Waals surface area contributed by atoms with E-state index in [1.165, 1.54) is 5.56 Å². The van der Waals surface area contributed by atoms with Crippen molar-refractivity contribution in [2.45, 2.75) is 111 Å². The van der Waals surface area contributed by atoms with Gasteiger partial charge in [-0.25, -0.2) is 0 Å². The molecule has 0 radical (unpaired) electrons. The molecule has 2 aromatic rings. The summed E-state index contributed by atoms with van der Waals surface area (Å²) in [6.45, 7) is 15.1. The van der Waals surface area contributed by atoms with Crippen molar-refractivity contribution in [1.29, 1.82) is 0 Å². The largest absolute Gasteiger partial charge is 0.481 e. The van der Waals surface area contributed by atoms with Crippen LogP contribution in [0.25, 0.3) is 0 Å². The van der Waals surface area contributed by atoms with E-state index in [1.54, 1.807) is 24.3 Å². The summed E-state index contributed by atoms with van der Waals surface area (Å²) in [5, 5.41) is 8.93. The normalized spacial score (nSPS) is 25.7. The quantitative estimate of drug-likeness (QED) is 0.248. The number of rotatable bonds is 13. The number of hydrogen-bond acceptors (Lipinski definition) is 5. The van der Waals surface area contributed by atoms with E-state index < -0.39 is 24.7 Å². The van der Waals surface area contributed by atoms with E-state index in [2.05, 4.69) is 57.5 Å². The second kappa shape index (κ2) is 13.9. The lowest BCUT2D eigenvalue weighted by Gasteiger charge is -2.64. The van der Waals surface area contributed by atoms with E-state index in [0.29, 0.717) is 29.4 Å². The molecule has 46 heavy (non-hydrogen) atoms. The van der Waals surface area contributed by atoms with Crippen LogP contribution in [0.1, 0.15) is 105 Å². The van der Waals surface area contributed by atoms with Gasteiger partial charge in [-0.05, 0) is 98.9 Å². The molecule has 4 aliphatic rings. The van der Waals surface area contributed by atoms with Crippen LogP contribution in [0, 0.1) is 30.1 Å². The predicted molar refractivity (Wildman–Crippen MR) is 181 cm³/mol. The second-order valence-corrected chi connectivity index (χ2v) is 15.0. The Labute approximate surface area is 275 Å². The fraction of sp³-hybridized carbons (Fsp3) is 0.595. The molecule has 248 valence electrons. The highest BCUT2D eigenvalue weighted by atomic mass is 16.7. The van der Waals surface area contributed by atoms with Gasteiger partial charge in [0.2, 0.25) is 5.91 Å². The number of hydrogen-bond donors (Lipinski definition) is 3. The minimum atomic E-state index is -1.01. The standard InChI is InChI=1S/C37H52BN3O5/c1-8-9-10-25-13-17-27(18-14-25)34(43)40-29(22-39-33(42)26-15-11-24(4)12-16-26)35(44)41-32(19-23(2)3)38-45-31-21-28-20-30(36(28,5)6)37(31,7)46-38/h11-18,23,28-32H,8-10,19-22H2,1-7H3,(H,39,42)(H,40,43)(H,41,44)/t28-,29+,30-,31+,32-,37-/m0/s1. The maximum atomic E-state index is 14.0. The minimum absolute atomic E-state index is 0.00886. The maximum absolute atomic E-state index is 14.0. The number of benzene rings is 2. The molecule has 3 N–H and O–H groups in total. The van der Waals surface area contributed by atoms with Crippen LogP contribution < -0.4 is 16.0 Å². The Hall–Kier alpha value is -3.17. The lowest BCUT2D eigenvalue weighted by molar-refractivity contribution is -0.199. The van der Waals surface area contributed by atoms with Crippen LogP contribution in [-0.2, 0) is 20.5 Å². The van der Waals surface area contributed by atoms with E-state index in [0.717, 1.165) is 37.7 Å². The Balaban J connectivity index is 1.31. The van der Waals surface area contributed by atoms with Crippen molar-refractivity contribution in [3.63, 3.8) is 0 Å². The van der Waals surface area contributed by atoms with Gasteiger partial charge in [0.15, 0.2) is 0 Å². The van der Waals surface area contributed by atoms with Gasteiger partial charge in [-0.2, -0.15) is 0 Å². The fourth-order valence-corrected chi connectivity index (χ4v) is 7.76. The summed E-state index contributed by atoms with van der Waals surface area (Å²) < 4.78 is 13.3. The van der Waals surface area contributed by atoms with Gasteiger partial charge < -0.3 is 25.3 Å². The van der Waals surface area contributed by atoms with Crippen LogP contribution in [0.4, 0.5) is 0 Å². The first kappa shape index (κ1) is 34.2. The van der Waals surface area contributed by atoms with E-state index >= 15 is 0 Å². The molecular weight excluding hydrogens is 577 g/mol. The van der Waals surface area contributed by atoms with Crippen LogP contribution in [0.15, 0.2) is 48.5 Å². The summed E-state index contributed by atoms with van der Waals surface area (Å²) in [6.07, 6.45) is 5.87. The summed E-state index contributed by atoms with van der Waals surface area (Å²) in [5.41, 5.74) is 2.97. The summed E-state index contributed by atoms with van der Waals surface area (Å²) in [5.74, 6) is -0.207. The molecule has 0 spiro atoms. The third kappa shape index (κ3) is 7.20. The van der Waals surface area contributed by atoms with Crippen LogP contribution in [-0.4, -0.2) is 55.1 Å². The van der Waals surface area contributed by atoms with Gasteiger partial charge in [-0.1, -0.05) is 70.9 Å². The Kier molecular flexibility index (Phi) is 10.3. The molecule has 6 rings (SSSR count). The first-order valence-electron chi connectivity index (χ1n) is 17.2. The molecular formula is C37H52BN3O5. The highest BCUT2D eigenvalue weighted by Crippen LogP contribution is 2.65. The van der Waals surface area contributed by atoms with Gasteiger partial charge in [0.25, 0.3) is 11.8 Å². The first-order chi connectivity index (χ1) is 21.8. The molecule has 2 bridgehead atoms. The van der Waals surface area contributed by atoms with Crippen molar-refractivity contribution in [2.24, 2.45) is 23.2 Å². The van der Waals surface area contributed by atoms with Gasteiger partial charge in [-0.15, -0.1) is 0 Å². The molecule has 3 saturated carbocycles. The van der Waals surface area contributed by atoms with Gasteiger partial charge >= 0.3 is 7.12 Å².